The van der Waals surface area contributed by atoms with Crippen LogP contribution in [0.2, 0.25) is 0 Å². The molecule has 0 spiro atoms. The van der Waals surface area contributed by atoms with Crippen LogP contribution in [-0.2, 0) is 11.0 Å². The van der Waals surface area contributed by atoms with Gasteiger partial charge in [-0.1, -0.05) is 0 Å². The van der Waals surface area contributed by atoms with Crippen molar-refractivity contribution in [3.8, 4) is 22.4 Å². The Hall–Kier alpha value is -4.67. The highest BCUT2D eigenvalue weighted by atomic mass is 19.4. The zero-order valence-corrected chi connectivity index (χ0v) is 19.5. The van der Waals surface area contributed by atoms with E-state index in [0.29, 0.717) is 34.4 Å². The molecule has 2 N–H and O–H groups in total. The van der Waals surface area contributed by atoms with E-state index >= 15 is 0 Å². The average Bonchev–Trinajstić information content (AvgIpc) is 2.84. The highest BCUT2D eigenvalue weighted by Gasteiger charge is 2.33. The maximum Gasteiger partial charge on any atom is 0.433 e. The summed E-state index contributed by atoms with van der Waals surface area (Å²) in [5.41, 5.74) is 1.04. The lowest BCUT2D eigenvalue weighted by Crippen LogP contribution is -2.15. The van der Waals surface area contributed by atoms with Crippen LogP contribution in [0.4, 0.5) is 29.1 Å². The van der Waals surface area contributed by atoms with Gasteiger partial charge in [0.2, 0.25) is 5.91 Å². The molecule has 0 aliphatic rings. The molecular weight excluding hydrogens is 490 g/mol. The molecule has 3 heterocycles. The third-order valence-electron chi connectivity index (χ3n) is 5.16. The van der Waals surface area contributed by atoms with Crippen molar-refractivity contribution in [1.29, 1.82) is 0 Å². The van der Waals surface area contributed by atoms with Crippen LogP contribution in [0.15, 0.2) is 67.0 Å². The summed E-state index contributed by atoms with van der Waals surface area (Å²) in [5, 5.41) is 5.09. The van der Waals surface area contributed by atoms with Crippen LogP contribution >= 0.6 is 0 Å². The fourth-order valence-electron chi connectivity index (χ4n) is 3.56. The first-order valence-corrected chi connectivity index (χ1v) is 10.9. The van der Waals surface area contributed by atoms with E-state index in [1.165, 1.54) is 25.3 Å². The molecular formula is C26H19F4N5O2. The topological polar surface area (TPSA) is 96.9 Å². The van der Waals surface area contributed by atoms with E-state index < -0.39 is 23.6 Å². The standard InChI is InChI=1S/C26H19F4N5O2/c1-14-9-18(10-22(33-14)16-5-8-32-24(12-16)34-15(2)36)20-13-19(3-4-21(20)27)35-25(37)17-6-7-31-23(11-17)26(28,29)30/h3-13H,1-2H3,(H,35,37)(H,32,34,36). The van der Waals surface area contributed by atoms with Crippen molar-refractivity contribution in [2.24, 2.45) is 0 Å². The van der Waals surface area contributed by atoms with Gasteiger partial charge in [0.15, 0.2) is 0 Å². The molecule has 0 radical (unpaired) electrons. The molecule has 2 amide bonds. The smallest absolute Gasteiger partial charge is 0.322 e. The summed E-state index contributed by atoms with van der Waals surface area (Å²) in [6.45, 7) is 3.09. The number of nitrogens with zero attached hydrogens (tertiary/aromatic N) is 3. The van der Waals surface area contributed by atoms with Crippen LogP contribution in [0, 0.1) is 12.7 Å². The number of carbonyl (C=O) groups is 2. The number of halogens is 4. The Labute approximate surface area is 208 Å². The molecule has 37 heavy (non-hydrogen) atoms. The number of benzene rings is 1. The fraction of sp³-hybridized carbons (Fsp3) is 0.115. The van der Waals surface area contributed by atoms with Gasteiger partial charge in [-0.25, -0.2) is 9.37 Å². The summed E-state index contributed by atoms with van der Waals surface area (Å²) in [6, 6.07) is 12.2. The number of amides is 2. The number of aromatic nitrogens is 3. The lowest BCUT2D eigenvalue weighted by molar-refractivity contribution is -0.141. The minimum Gasteiger partial charge on any atom is -0.322 e. The van der Waals surface area contributed by atoms with E-state index in [1.807, 2.05) is 0 Å². The van der Waals surface area contributed by atoms with Gasteiger partial charge in [-0.15, -0.1) is 0 Å². The number of rotatable bonds is 5. The molecule has 0 aliphatic heterocycles. The van der Waals surface area contributed by atoms with Crippen molar-refractivity contribution in [3.63, 3.8) is 0 Å². The van der Waals surface area contributed by atoms with Gasteiger partial charge in [0.25, 0.3) is 5.91 Å². The molecule has 0 atom stereocenters. The molecule has 4 rings (SSSR count). The summed E-state index contributed by atoms with van der Waals surface area (Å²) in [4.78, 5) is 35.7. The minimum absolute atomic E-state index is 0.145. The van der Waals surface area contributed by atoms with Crippen LogP contribution < -0.4 is 10.6 Å². The highest BCUT2D eigenvalue weighted by Crippen LogP contribution is 2.31. The van der Waals surface area contributed by atoms with Crippen molar-refractivity contribution < 1.29 is 27.2 Å². The molecule has 0 aliphatic carbocycles. The Balaban J connectivity index is 1.65. The van der Waals surface area contributed by atoms with Crippen molar-refractivity contribution in [1.82, 2.24) is 15.0 Å². The predicted molar refractivity (Wildman–Crippen MR) is 129 cm³/mol. The summed E-state index contributed by atoms with van der Waals surface area (Å²) in [6.07, 6.45) is -2.30. The van der Waals surface area contributed by atoms with Crippen LogP contribution in [0.25, 0.3) is 22.4 Å². The third-order valence-corrected chi connectivity index (χ3v) is 5.16. The van der Waals surface area contributed by atoms with E-state index in [4.69, 9.17) is 0 Å². The normalized spacial score (nSPS) is 11.2. The van der Waals surface area contributed by atoms with Gasteiger partial charge in [-0.2, -0.15) is 13.2 Å². The predicted octanol–water partition coefficient (Wildman–Crippen LogP) is 5.88. The second-order valence-corrected chi connectivity index (χ2v) is 8.07. The molecule has 0 saturated carbocycles. The Bertz CT molecular complexity index is 1500. The first kappa shape index (κ1) is 25.4. The first-order chi connectivity index (χ1) is 17.5. The maximum absolute atomic E-state index is 14.8. The number of hydrogen-bond acceptors (Lipinski definition) is 5. The third kappa shape index (κ3) is 6.13. The van der Waals surface area contributed by atoms with Gasteiger partial charge < -0.3 is 10.6 Å². The molecule has 0 unspecified atom stereocenters. The second-order valence-electron chi connectivity index (χ2n) is 8.07. The quantitative estimate of drug-likeness (QED) is 0.328. The number of nitrogens with one attached hydrogen (secondary N) is 2. The summed E-state index contributed by atoms with van der Waals surface area (Å²) in [5.74, 6) is -1.34. The Morgan fingerprint density at radius 3 is 2.35 bits per heavy atom. The summed E-state index contributed by atoms with van der Waals surface area (Å²) < 4.78 is 53.7. The molecule has 4 aromatic rings. The van der Waals surface area contributed by atoms with Gasteiger partial charge in [-0.05, 0) is 67.1 Å². The van der Waals surface area contributed by atoms with E-state index in [9.17, 15) is 27.2 Å². The van der Waals surface area contributed by atoms with Gasteiger partial charge in [0.1, 0.15) is 17.3 Å². The van der Waals surface area contributed by atoms with E-state index in [2.05, 4.69) is 25.6 Å². The lowest BCUT2D eigenvalue weighted by atomic mass is 10.0. The van der Waals surface area contributed by atoms with Gasteiger partial charge in [-0.3, -0.25) is 19.6 Å². The van der Waals surface area contributed by atoms with E-state index in [-0.39, 0.29) is 22.7 Å². The fourth-order valence-corrected chi connectivity index (χ4v) is 3.56. The minimum atomic E-state index is -4.70. The van der Waals surface area contributed by atoms with E-state index in [0.717, 1.165) is 18.3 Å². The zero-order chi connectivity index (χ0) is 26.7. The molecule has 0 fully saturated rings. The van der Waals surface area contributed by atoms with Crippen LogP contribution in [0.3, 0.4) is 0 Å². The number of hydrogen-bond donors (Lipinski definition) is 2. The van der Waals surface area contributed by atoms with Crippen molar-refractivity contribution in [2.45, 2.75) is 20.0 Å². The summed E-state index contributed by atoms with van der Waals surface area (Å²) in [7, 11) is 0. The molecule has 0 saturated heterocycles. The monoisotopic (exact) mass is 509 g/mol. The van der Waals surface area contributed by atoms with Gasteiger partial charge >= 0.3 is 6.18 Å². The highest BCUT2D eigenvalue weighted by molar-refractivity contribution is 6.04. The Morgan fingerprint density at radius 2 is 1.62 bits per heavy atom. The van der Waals surface area contributed by atoms with E-state index in [1.54, 1.807) is 31.2 Å². The largest absolute Gasteiger partial charge is 0.433 e. The van der Waals surface area contributed by atoms with Crippen LogP contribution in [0.5, 0.6) is 0 Å². The lowest BCUT2D eigenvalue weighted by Gasteiger charge is -2.12. The zero-order valence-electron chi connectivity index (χ0n) is 19.5. The molecule has 1 aromatic carbocycles. The van der Waals surface area contributed by atoms with Gasteiger partial charge in [0, 0.05) is 47.4 Å². The Morgan fingerprint density at radius 1 is 0.865 bits per heavy atom. The summed E-state index contributed by atoms with van der Waals surface area (Å²) >= 11 is 0. The first-order valence-electron chi connectivity index (χ1n) is 10.9. The average molecular weight is 509 g/mol. The Kier molecular flexibility index (Phi) is 6.96. The molecule has 11 heteroatoms. The number of anilines is 2. The van der Waals surface area contributed by atoms with Crippen molar-refractivity contribution >= 4 is 23.3 Å². The second kappa shape index (κ2) is 10.1. The number of pyridine rings is 3. The van der Waals surface area contributed by atoms with Crippen molar-refractivity contribution in [2.75, 3.05) is 10.6 Å². The number of alkyl halides is 3. The van der Waals surface area contributed by atoms with Gasteiger partial charge in [0.05, 0.1) is 5.69 Å². The molecule has 7 nitrogen and oxygen atoms in total. The molecule has 0 bridgehead atoms. The number of aryl methyl sites for hydroxylation is 1. The molecule has 3 aromatic heterocycles. The molecule has 188 valence electrons. The number of carbonyl (C=O) groups excluding carboxylic acids is 2. The SMILES string of the molecule is CC(=O)Nc1cc(-c2cc(-c3cc(NC(=O)c4ccnc(C(F)(F)F)c4)ccc3F)cc(C)n2)ccn1. The van der Waals surface area contributed by atoms with Crippen LogP contribution in [-0.4, -0.2) is 26.8 Å². The van der Waals surface area contributed by atoms with Crippen molar-refractivity contribution in [3.05, 3.63) is 89.8 Å². The maximum atomic E-state index is 14.8. The van der Waals surface area contributed by atoms with Crippen LogP contribution in [0.1, 0.15) is 28.7 Å².